The third-order valence-electron chi connectivity index (χ3n) is 3.79. The van der Waals surface area contributed by atoms with Crippen molar-refractivity contribution in [3.05, 3.63) is 30.1 Å². The van der Waals surface area contributed by atoms with Crippen molar-refractivity contribution in [3.63, 3.8) is 0 Å². The molecule has 1 fully saturated rings. The van der Waals surface area contributed by atoms with Gasteiger partial charge in [0.25, 0.3) is 0 Å². The molecule has 8 heteroatoms. The van der Waals surface area contributed by atoms with Crippen LogP contribution in [0, 0.1) is 0 Å². The molecule has 1 amide bonds. The fourth-order valence-corrected chi connectivity index (χ4v) is 4.06. The topological polar surface area (TPSA) is 72.7 Å². The third kappa shape index (κ3) is 4.00. The van der Waals surface area contributed by atoms with Crippen molar-refractivity contribution < 1.29 is 4.79 Å². The lowest BCUT2D eigenvalue weighted by atomic mass is 10.1. The number of thioether (sulfide) groups is 1. The van der Waals surface area contributed by atoms with Gasteiger partial charge in [-0.05, 0) is 12.8 Å². The molecule has 6 nitrogen and oxygen atoms in total. The number of anilines is 1. The highest BCUT2D eigenvalue weighted by atomic mass is 32.2. The summed E-state index contributed by atoms with van der Waals surface area (Å²) in [6, 6.07) is 0. The molecule has 0 saturated heterocycles. The smallest absolute Gasteiger partial charge is 0.236 e. The van der Waals surface area contributed by atoms with Gasteiger partial charge in [-0.3, -0.25) is 4.79 Å². The fraction of sp³-hybridized carbons (Fsp3) is 0.467. The molecule has 0 spiro atoms. The first-order valence-corrected chi connectivity index (χ1v) is 9.50. The monoisotopic (exact) mass is 349 g/mol. The normalized spacial score (nSPS) is 15.0. The lowest BCUT2D eigenvalue weighted by Gasteiger charge is -2.11. The Bertz CT molecular complexity index is 661. The minimum atomic E-state index is -0.0829. The van der Waals surface area contributed by atoms with Gasteiger partial charge in [-0.2, -0.15) is 0 Å². The van der Waals surface area contributed by atoms with Crippen LogP contribution >= 0.6 is 23.1 Å². The van der Waals surface area contributed by atoms with E-state index >= 15 is 0 Å². The average molecular weight is 349 g/mol. The number of hydrogen-bond donors (Lipinski definition) is 1. The highest BCUT2D eigenvalue weighted by molar-refractivity contribution is 7.99. The van der Waals surface area contributed by atoms with Crippen molar-refractivity contribution in [1.29, 1.82) is 0 Å². The van der Waals surface area contributed by atoms with Gasteiger partial charge in [0.05, 0.1) is 5.75 Å². The maximum absolute atomic E-state index is 12.0. The highest BCUT2D eigenvalue weighted by Crippen LogP contribution is 2.34. The van der Waals surface area contributed by atoms with Gasteiger partial charge in [0.1, 0.15) is 5.82 Å². The van der Waals surface area contributed by atoms with E-state index in [-0.39, 0.29) is 5.91 Å². The van der Waals surface area contributed by atoms with Gasteiger partial charge in [0, 0.05) is 24.0 Å². The van der Waals surface area contributed by atoms with E-state index in [0.717, 1.165) is 11.0 Å². The first-order chi connectivity index (χ1) is 11.3. The van der Waals surface area contributed by atoms with Gasteiger partial charge in [0.2, 0.25) is 5.91 Å². The number of aromatic nitrogens is 4. The molecule has 23 heavy (non-hydrogen) atoms. The Morgan fingerprint density at radius 3 is 3.00 bits per heavy atom. The van der Waals surface area contributed by atoms with Crippen LogP contribution in [0.1, 0.15) is 37.4 Å². The number of carbonyl (C=O) groups excluding carboxylic acids is 1. The van der Waals surface area contributed by atoms with Gasteiger partial charge in [-0.25, -0.2) is 4.98 Å². The molecule has 0 aliphatic heterocycles. The van der Waals surface area contributed by atoms with E-state index in [4.69, 9.17) is 0 Å². The summed E-state index contributed by atoms with van der Waals surface area (Å²) in [4.78, 5) is 16.0. The first kappa shape index (κ1) is 16.2. The number of thiazole rings is 1. The van der Waals surface area contributed by atoms with Crippen LogP contribution in [0.4, 0.5) is 5.13 Å². The zero-order chi connectivity index (χ0) is 16.1. The molecule has 2 aromatic rings. The Hall–Kier alpha value is -1.67. The van der Waals surface area contributed by atoms with E-state index in [0.29, 0.717) is 23.3 Å². The predicted octanol–water partition coefficient (Wildman–Crippen LogP) is 3.31. The van der Waals surface area contributed by atoms with Gasteiger partial charge in [-0.15, -0.1) is 28.1 Å². The van der Waals surface area contributed by atoms with Crippen LogP contribution in [-0.2, 0) is 11.3 Å². The van der Waals surface area contributed by atoms with Gasteiger partial charge in [-0.1, -0.05) is 30.7 Å². The Balaban J connectivity index is 1.64. The van der Waals surface area contributed by atoms with Crippen molar-refractivity contribution in [2.75, 3.05) is 11.1 Å². The van der Waals surface area contributed by atoms with Gasteiger partial charge in [0.15, 0.2) is 10.3 Å². The van der Waals surface area contributed by atoms with Gasteiger partial charge < -0.3 is 9.88 Å². The van der Waals surface area contributed by atoms with E-state index in [1.54, 1.807) is 6.20 Å². The highest BCUT2D eigenvalue weighted by Gasteiger charge is 2.24. The Morgan fingerprint density at radius 2 is 2.30 bits per heavy atom. The first-order valence-electron chi connectivity index (χ1n) is 7.64. The Labute approximate surface area is 143 Å². The molecule has 3 rings (SSSR count). The van der Waals surface area contributed by atoms with Crippen molar-refractivity contribution in [1.82, 2.24) is 19.7 Å². The van der Waals surface area contributed by atoms with Crippen molar-refractivity contribution >= 4 is 34.1 Å². The molecule has 2 heterocycles. The summed E-state index contributed by atoms with van der Waals surface area (Å²) < 4.78 is 2.09. The minimum absolute atomic E-state index is 0.0829. The molecule has 2 aromatic heterocycles. The van der Waals surface area contributed by atoms with Crippen LogP contribution in [0.2, 0.25) is 0 Å². The predicted molar refractivity (Wildman–Crippen MR) is 92.9 cm³/mol. The molecular formula is C15H19N5OS2. The van der Waals surface area contributed by atoms with Crippen LogP contribution in [-0.4, -0.2) is 31.4 Å². The molecule has 0 bridgehead atoms. The SMILES string of the molecule is C=CCn1c(SCC(=O)Nc2nccs2)nnc1C1CCCC1. The van der Waals surface area contributed by atoms with E-state index < -0.39 is 0 Å². The lowest BCUT2D eigenvalue weighted by molar-refractivity contribution is -0.113. The standard InChI is InChI=1S/C15H19N5OS2/c1-2-8-20-13(11-5-3-4-6-11)18-19-15(20)23-10-12(21)17-14-16-7-9-22-14/h2,7,9,11H,1,3-6,8,10H2,(H,16,17,21). The number of carbonyl (C=O) groups is 1. The number of rotatable bonds is 7. The lowest BCUT2D eigenvalue weighted by Crippen LogP contribution is -2.14. The molecule has 1 saturated carbocycles. The molecule has 0 radical (unpaired) electrons. The maximum Gasteiger partial charge on any atom is 0.236 e. The fourth-order valence-electron chi connectivity index (χ4n) is 2.76. The summed E-state index contributed by atoms with van der Waals surface area (Å²) in [5.41, 5.74) is 0. The number of nitrogens with one attached hydrogen (secondary N) is 1. The molecule has 1 aliphatic carbocycles. The second kappa shape index (κ2) is 7.74. The Kier molecular flexibility index (Phi) is 5.45. The molecule has 1 aliphatic rings. The second-order valence-corrected chi connectivity index (χ2v) is 7.23. The quantitative estimate of drug-likeness (QED) is 0.613. The average Bonchev–Trinajstić information content (AvgIpc) is 3.27. The molecular weight excluding hydrogens is 330 g/mol. The summed E-state index contributed by atoms with van der Waals surface area (Å²) in [6.45, 7) is 4.49. The molecule has 122 valence electrons. The summed E-state index contributed by atoms with van der Waals surface area (Å²) in [6.07, 6.45) is 8.37. The third-order valence-corrected chi connectivity index (χ3v) is 5.44. The number of hydrogen-bond acceptors (Lipinski definition) is 6. The second-order valence-electron chi connectivity index (χ2n) is 5.40. The van der Waals surface area contributed by atoms with Crippen LogP contribution in [0.3, 0.4) is 0 Å². The van der Waals surface area contributed by atoms with Gasteiger partial charge >= 0.3 is 0 Å². The summed E-state index contributed by atoms with van der Waals surface area (Å²) in [5.74, 6) is 1.73. The molecule has 1 N–H and O–H groups in total. The Morgan fingerprint density at radius 1 is 1.48 bits per heavy atom. The number of nitrogens with zero attached hydrogens (tertiary/aromatic N) is 4. The van der Waals surface area contributed by atoms with E-state index in [9.17, 15) is 4.79 Å². The van der Waals surface area contributed by atoms with Crippen molar-refractivity contribution in [3.8, 4) is 0 Å². The summed E-state index contributed by atoms with van der Waals surface area (Å²) in [5, 5.41) is 14.7. The summed E-state index contributed by atoms with van der Waals surface area (Å²) >= 11 is 2.81. The molecule has 0 unspecified atom stereocenters. The number of allylic oxidation sites excluding steroid dienone is 1. The molecule has 0 aromatic carbocycles. The van der Waals surface area contributed by atoms with Crippen LogP contribution in [0.25, 0.3) is 0 Å². The largest absolute Gasteiger partial charge is 0.302 e. The number of amides is 1. The molecule has 0 atom stereocenters. The van der Waals surface area contributed by atoms with Crippen LogP contribution in [0.15, 0.2) is 29.4 Å². The van der Waals surface area contributed by atoms with E-state index in [1.165, 1.54) is 48.8 Å². The van der Waals surface area contributed by atoms with Crippen LogP contribution in [0.5, 0.6) is 0 Å². The summed E-state index contributed by atoms with van der Waals surface area (Å²) in [7, 11) is 0. The van der Waals surface area contributed by atoms with E-state index in [1.807, 2.05) is 11.5 Å². The van der Waals surface area contributed by atoms with E-state index in [2.05, 4.69) is 31.6 Å². The zero-order valence-electron chi connectivity index (χ0n) is 12.8. The minimum Gasteiger partial charge on any atom is -0.302 e. The maximum atomic E-state index is 12.0. The van der Waals surface area contributed by atoms with Crippen molar-refractivity contribution in [2.45, 2.75) is 43.3 Å². The zero-order valence-corrected chi connectivity index (χ0v) is 14.4. The van der Waals surface area contributed by atoms with Crippen LogP contribution < -0.4 is 5.32 Å². The van der Waals surface area contributed by atoms with Crippen molar-refractivity contribution in [2.24, 2.45) is 0 Å².